The highest BCUT2D eigenvalue weighted by atomic mass is 16.2. The average Bonchev–Trinajstić information content (AvgIpc) is 3.03. The van der Waals surface area contributed by atoms with Gasteiger partial charge in [-0.1, -0.05) is 49.1 Å². The summed E-state index contributed by atoms with van der Waals surface area (Å²) in [6.07, 6.45) is 4.64. The largest absolute Gasteiger partial charge is 0.361 e. The van der Waals surface area contributed by atoms with Crippen LogP contribution < -0.4 is 5.73 Å². The van der Waals surface area contributed by atoms with E-state index in [0.717, 1.165) is 34.0 Å². The molecule has 0 fully saturated rings. The van der Waals surface area contributed by atoms with Gasteiger partial charge in [0.05, 0.1) is 6.04 Å². The average molecular weight is 317 g/mol. The van der Waals surface area contributed by atoms with Gasteiger partial charge < -0.3 is 15.6 Å². The van der Waals surface area contributed by atoms with Crippen molar-refractivity contribution in [3.63, 3.8) is 0 Å². The van der Waals surface area contributed by atoms with Gasteiger partial charge in [0.15, 0.2) is 0 Å². The SMILES string of the molecule is C=Cc1ccc2c(c1)CCN(C(N)=O)C2c1c[nH]c2ccccc12. The van der Waals surface area contributed by atoms with Gasteiger partial charge in [0.25, 0.3) is 0 Å². The van der Waals surface area contributed by atoms with Crippen LogP contribution in [0.2, 0.25) is 0 Å². The number of H-pyrrole nitrogens is 1. The first kappa shape index (κ1) is 14.6. The summed E-state index contributed by atoms with van der Waals surface area (Å²) < 4.78 is 0. The minimum atomic E-state index is -0.385. The molecule has 1 atom stereocenters. The summed E-state index contributed by atoms with van der Waals surface area (Å²) in [6, 6.07) is 13.9. The van der Waals surface area contributed by atoms with Crippen LogP contribution in [0.5, 0.6) is 0 Å². The van der Waals surface area contributed by atoms with Gasteiger partial charge in [0.2, 0.25) is 0 Å². The number of hydrogen-bond acceptors (Lipinski definition) is 1. The number of nitrogens with one attached hydrogen (secondary N) is 1. The fourth-order valence-corrected chi connectivity index (χ4v) is 3.67. The van der Waals surface area contributed by atoms with Gasteiger partial charge in [-0.05, 0) is 29.2 Å². The van der Waals surface area contributed by atoms with E-state index in [2.05, 4.69) is 29.8 Å². The lowest BCUT2D eigenvalue weighted by molar-refractivity contribution is 0.190. The highest BCUT2D eigenvalue weighted by Gasteiger charge is 2.32. The quantitative estimate of drug-likeness (QED) is 0.741. The van der Waals surface area contributed by atoms with Gasteiger partial charge in [-0.15, -0.1) is 0 Å². The van der Waals surface area contributed by atoms with Crippen LogP contribution in [0.1, 0.15) is 28.3 Å². The van der Waals surface area contributed by atoms with Crippen LogP contribution in [0.25, 0.3) is 17.0 Å². The predicted octanol–water partition coefficient (Wildman–Crippen LogP) is 3.84. The highest BCUT2D eigenvalue weighted by molar-refractivity contribution is 5.85. The van der Waals surface area contributed by atoms with Gasteiger partial charge in [-0.25, -0.2) is 4.79 Å². The molecule has 3 aromatic rings. The monoisotopic (exact) mass is 317 g/mol. The zero-order chi connectivity index (χ0) is 16.7. The van der Waals surface area contributed by atoms with E-state index in [-0.39, 0.29) is 12.1 Å². The number of carbonyl (C=O) groups excluding carboxylic acids is 1. The van der Waals surface area contributed by atoms with Crippen molar-refractivity contribution in [2.24, 2.45) is 5.73 Å². The number of benzene rings is 2. The maximum Gasteiger partial charge on any atom is 0.315 e. The maximum absolute atomic E-state index is 12.1. The van der Waals surface area contributed by atoms with E-state index in [0.29, 0.717) is 6.54 Å². The van der Waals surface area contributed by atoms with Crippen molar-refractivity contribution in [2.45, 2.75) is 12.5 Å². The third-order valence-electron chi connectivity index (χ3n) is 4.83. The molecular formula is C20H19N3O. The first-order chi connectivity index (χ1) is 11.7. The van der Waals surface area contributed by atoms with Crippen molar-refractivity contribution >= 4 is 23.0 Å². The van der Waals surface area contributed by atoms with E-state index in [9.17, 15) is 4.79 Å². The van der Waals surface area contributed by atoms with E-state index < -0.39 is 0 Å². The number of aromatic amines is 1. The lowest BCUT2D eigenvalue weighted by Gasteiger charge is -2.36. The van der Waals surface area contributed by atoms with E-state index in [4.69, 9.17) is 5.73 Å². The summed E-state index contributed by atoms with van der Waals surface area (Å²) in [5.74, 6) is 0. The van der Waals surface area contributed by atoms with Gasteiger partial charge in [0.1, 0.15) is 0 Å². The summed E-state index contributed by atoms with van der Waals surface area (Å²) in [4.78, 5) is 17.1. The number of para-hydroxylation sites is 1. The predicted molar refractivity (Wildman–Crippen MR) is 96.7 cm³/mol. The van der Waals surface area contributed by atoms with Crippen LogP contribution in [0.4, 0.5) is 4.79 Å². The summed E-state index contributed by atoms with van der Waals surface area (Å²) >= 11 is 0. The Labute approximate surface area is 140 Å². The molecule has 1 aliphatic rings. The van der Waals surface area contributed by atoms with E-state index in [1.165, 1.54) is 5.56 Å². The molecule has 0 saturated carbocycles. The number of fused-ring (bicyclic) bond motifs is 2. The smallest absolute Gasteiger partial charge is 0.315 e. The zero-order valence-corrected chi connectivity index (χ0v) is 13.3. The van der Waals surface area contributed by atoms with Gasteiger partial charge >= 0.3 is 6.03 Å². The number of carbonyl (C=O) groups is 1. The molecule has 0 radical (unpaired) electrons. The van der Waals surface area contributed by atoms with Crippen molar-refractivity contribution in [3.8, 4) is 0 Å². The molecule has 1 unspecified atom stereocenters. The minimum Gasteiger partial charge on any atom is -0.361 e. The van der Waals surface area contributed by atoms with Crippen LogP contribution in [0.15, 0.2) is 55.2 Å². The Balaban J connectivity index is 1.93. The van der Waals surface area contributed by atoms with Gasteiger partial charge in [0, 0.05) is 29.2 Å². The molecule has 1 aromatic heterocycles. The molecule has 4 nitrogen and oxygen atoms in total. The molecule has 0 aliphatic carbocycles. The fraction of sp³-hybridized carbons (Fsp3) is 0.150. The number of rotatable bonds is 2. The molecule has 0 bridgehead atoms. The van der Waals surface area contributed by atoms with Crippen molar-refractivity contribution < 1.29 is 4.79 Å². The molecule has 0 saturated heterocycles. The van der Waals surface area contributed by atoms with Gasteiger partial charge in [-0.2, -0.15) is 0 Å². The molecule has 2 heterocycles. The second kappa shape index (κ2) is 5.57. The van der Waals surface area contributed by atoms with Crippen molar-refractivity contribution in [1.29, 1.82) is 0 Å². The van der Waals surface area contributed by atoms with Crippen LogP contribution >= 0.6 is 0 Å². The zero-order valence-electron chi connectivity index (χ0n) is 13.3. The normalized spacial score (nSPS) is 16.8. The molecule has 4 heteroatoms. The van der Waals surface area contributed by atoms with Crippen LogP contribution in [0, 0.1) is 0 Å². The van der Waals surface area contributed by atoms with Crippen molar-refractivity contribution in [1.82, 2.24) is 9.88 Å². The molecule has 24 heavy (non-hydrogen) atoms. The molecular weight excluding hydrogens is 298 g/mol. The third kappa shape index (κ3) is 2.19. The first-order valence-electron chi connectivity index (χ1n) is 8.06. The Morgan fingerprint density at radius 3 is 2.88 bits per heavy atom. The maximum atomic E-state index is 12.1. The second-order valence-corrected chi connectivity index (χ2v) is 6.14. The summed E-state index contributed by atoms with van der Waals surface area (Å²) in [5.41, 5.74) is 11.3. The molecule has 1 aliphatic heterocycles. The summed E-state index contributed by atoms with van der Waals surface area (Å²) in [6.45, 7) is 4.46. The van der Waals surface area contributed by atoms with Crippen LogP contribution in [0.3, 0.4) is 0 Å². The lowest BCUT2D eigenvalue weighted by atomic mass is 9.87. The molecule has 2 aromatic carbocycles. The Hall–Kier alpha value is -3.01. The summed E-state index contributed by atoms with van der Waals surface area (Å²) in [7, 11) is 0. The Bertz CT molecular complexity index is 941. The highest BCUT2D eigenvalue weighted by Crippen LogP contribution is 2.38. The first-order valence-corrected chi connectivity index (χ1v) is 8.06. The minimum absolute atomic E-state index is 0.165. The number of amides is 2. The Morgan fingerprint density at radius 1 is 1.25 bits per heavy atom. The number of hydrogen-bond donors (Lipinski definition) is 2. The molecule has 3 N–H and O–H groups in total. The molecule has 4 rings (SSSR count). The van der Waals surface area contributed by atoms with Gasteiger partial charge in [-0.3, -0.25) is 0 Å². The number of nitrogens with zero attached hydrogens (tertiary/aromatic N) is 1. The molecule has 120 valence electrons. The number of primary amides is 1. The number of urea groups is 1. The number of aromatic nitrogens is 1. The van der Waals surface area contributed by atoms with Crippen molar-refractivity contribution in [2.75, 3.05) is 6.54 Å². The number of nitrogens with two attached hydrogens (primary N) is 1. The Kier molecular flexibility index (Phi) is 3.38. The lowest BCUT2D eigenvalue weighted by Crippen LogP contribution is -2.43. The van der Waals surface area contributed by atoms with E-state index in [1.54, 1.807) is 4.90 Å². The summed E-state index contributed by atoms with van der Waals surface area (Å²) in [5, 5.41) is 1.12. The van der Waals surface area contributed by atoms with Crippen LogP contribution in [-0.2, 0) is 6.42 Å². The van der Waals surface area contributed by atoms with Crippen molar-refractivity contribution in [3.05, 3.63) is 77.5 Å². The second-order valence-electron chi connectivity index (χ2n) is 6.14. The van der Waals surface area contributed by atoms with Crippen LogP contribution in [-0.4, -0.2) is 22.5 Å². The third-order valence-corrected chi connectivity index (χ3v) is 4.83. The topological polar surface area (TPSA) is 62.1 Å². The standard InChI is InChI=1S/C20H19N3O/c1-2-13-7-8-15-14(11-13)9-10-23(20(21)24)19(15)17-12-22-18-6-4-3-5-16(17)18/h2-8,11-12,19,22H,1,9-10H2,(H2,21,24). The van der Waals surface area contributed by atoms with E-state index in [1.807, 2.05) is 36.5 Å². The molecule has 2 amide bonds. The van der Waals surface area contributed by atoms with E-state index >= 15 is 0 Å². The fourth-order valence-electron chi connectivity index (χ4n) is 3.67. The molecule has 0 spiro atoms. The Morgan fingerprint density at radius 2 is 2.08 bits per heavy atom.